The van der Waals surface area contributed by atoms with E-state index in [4.69, 9.17) is 9.47 Å². The second-order valence-electron chi connectivity index (χ2n) is 4.83. The van der Waals surface area contributed by atoms with Crippen molar-refractivity contribution in [3.63, 3.8) is 0 Å². The summed E-state index contributed by atoms with van der Waals surface area (Å²) in [6, 6.07) is 0. The summed E-state index contributed by atoms with van der Waals surface area (Å²) in [5.74, 6) is 0.731. The third kappa shape index (κ3) is 2.25. The molecule has 16 heavy (non-hydrogen) atoms. The van der Waals surface area contributed by atoms with E-state index in [1.807, 2.05) is 6.08 Å². The molecule has 0 radical (unpaired) electrons. The van der Waals surface area contributed by atoms with E-state index in [2.05, 4.69) is 0 Å². The van der Waals surface area contributed by atoms with Crippen LogP contribution in [-0.2, 0) is 9.47 Å². The Labute approximate surface area is 97.4 Å². The topological polar surface area (TPSA) is 38.7 Å². The van der Waals surface area contributed by atoms with Crippen LogP contribution in [0.1, 0.15) is 44.9 Å². The van der Waals surface area contributed by atoms with Gasteiger partial charge in [-0.15, -0.1) is 0 Å². The van der Waals surface area contributed by atoms with Crippen molar-refractivity contribution in [2.24, 2.45) is 0 Å². The molecule has 0 aromatic carbocycles. The number of aliphatic hydroxyl groups excluding tert-OH is 1. The lowest BCUT2D eigenvalue weighted by atomic mass is 9.79. The van der Waals surface area contributed by atoms with Gasteiger partial charge in [-0.2, -0.15) is 0 Å². The Kier molecular flexibility index (Phi) is 3.87. The molecule has 92 valence electrons. The third-order valence-electron chi connectivity index (χ3n) is 3.84. The molecule has 1 heterocycles. The number of hydrogen-bond donors (Lipinski definition) is 1. The SMILES string of the molecule is COC1(C(O)C2=CCCCO2)CCCCC1. The van der Waals surface area contributed by atoms with Crippen molar-refractivity contribution >= 4 is 0 Å². The minimum Gasteiger partial charge on any atom is -0.495 e. The van der Waals surface area contributed by atoms with Gasteiger partial charge in [0.05, 0.1) is 6.61 Å². The predicted molar refractivity (Wildman–Crippen MR) is 62.1 cm³/mol. The number of ether oxygens (including phenoxy) is 2. The molecular formula is C13H22O3. The van der Waals surface area contributed by atoms with Gasteiger partial charge in [0, 0.05) is 7.11 Å². The molecule has 3 heteroatoms. The van der Waals surface area contributed by atoms with E-state index < -0.39 is 11.7 Å². The van der Waals surface area contributed by atoms with Crippen LogP contribution in [0.4, 0.5) is 0 Å². The second-order valence-corrected chi connectivity index (χ2v) is 4.83. The molecule has 2 rings (SSSR count). The van der Waals surface area contributed by atoms with Crippen LogP contribution in [0.25, 0.3) is 0 Å². The van der Waals surface area contributed by atoms with Gasteiger partial charge in [-0.05, 0) is 31.8 Å². The van der Waals surface area contributed by atoms with E-state index in [0.717, 1.165) is 50.9 Å². The maximum absolute atomic E-state index is 10.4. The predicted octanol–water partition coefficient (Wildman–Crippen LogP) is 2.39. The molecule has 0 amide bonds. The lowest BCUT2D eigenvalue weighted by Gasteiger charge is -2.40. The molecule has 1 atom stereocenters. The highest BCUT2D eigenvalue weighted by Crippen LogP contribution is 2.37. The largest absolute Gasteiger partial charge is 0.495 e. The first kappa shape index (κ1) is 11.9. The smallest absolute Gasteiger partial charge is 0.139 e. The molecule has 0 bridgehead atoms. The van der Waals surface area contributed by atoms with Crippen LogP contribution < -0.4 is 0 Å². The first-order valence-corrected chi connectivity index (χ1v) is 6.34. The fourth-order valence-corrected chi connectivity index (χ4v) is 2.77. The van der Waals surface area contributed by atoms with Gasteiger partial charge in [-0.3, -0.25) is 0 Å². The summed E-state index contributed by atoms with van der Waals surface area (Å²) in [6.45, 7) is 0.725. The van der Waals surface area contributed by atoms with Gasteiger partial charge >= 0.3 is 0 Å². The molecule has 1 fully saturated rings. The van der Waals surface area contributed by atoms with Crippen LogP contribution in [0.15, 0.2) is 11.8 Å². The average Bonchev–Trinajstić information content (AvgIpc) is 2.39. The van der Waals surface area contributed by atoms with Crippen LogP contribution in [0, 0.1) is 0 Å². The van der Waals surface area contributed by atoms with Gasteiger partial charge in [0.25, 0.3) is 0 Å². The molecule has 1 aliphatic carbocycles. The first-order valence-electron chi connectivity index (χ1n) is 6.34. The molecule has 1 aliphatic heterocycles. The average molecular weight is 226 g/mol. The Morgan fingerprint density at radius 1 is 1.31 bits per heavy atom. The summed E-state index contributed by atoms with van der Waals surface area (Å²) < 4.78 is 11.2. The minimum atomic E-state index is -0.585. The Morgan fingerprint density at radius 3 is 2.62 bits per heavy atom. The molecule has 1 N–H and O–H groups in total. The van der Waals surface area contributed by atoms with E-state index >= 15 is 0 Å². The minimum absolute atomic E-state index is 0.401. The van der Waals surface area contributed by atoms with Crippen molar-refractivity contribution in [2.45, 2.75) is 56.7 Å². The zero-order chi connectivity index (χ0) is 11.4. The molecule has 2 aliphatic rings. The van der Waals surface area contributed by atoms with E-state index in [-0.39, 0.29) is 0 Å². The Balaban J connectivity index is 2.10. The lowest BCUT2D eigenvalue weighted by molar-refractivity contribution is -0.125. The Morgan fingerprint density at radius 2 is 2.06 bits per heavy atom. The normalized spacial score (nSPS) is 26.8. The van der Waals surface area contributed by atoms with Crippen molar-refractivity contribution in [2.75, 3.05) is 13.7 Å². The summed E-state index contributed by atoms with van der Waals surface area (Å²) >= 11 is 0. The molecular weight excluding hydrogens is 204 g/mol. The quantitative estimate of drug-likeness (QED) is 0.803. The monoisotopic (exact) mass is 226 g/mol. The number of aliphatic hydroxyl groups is 1. The molecule has 1 unspecified atom stereocenters. The fraction of sp³-hybridized carbons (Fsp3) is 0.846. The van der Waals surface area contributed by atoms with Crippen molar-refractivity contribution < 1.29 is 14.6 Å². The maximum atomic E-state index is 10.4. The number of allylic oxidation sites excluding steroid dienone is 1. The number of methoxy groups -OCH3 is 1. The van der Waals surface area contributed by atoms with Crippen molar-refractivity contribution in [3.05, 3.63) is 11.8 Å². The molecule has 0 saturated heterocycles. The zero-order valence-electron chi connectivity index (χ0n) is 10.1. The van der Waals surface area contributed by atoms with Gasteiger partial charge in [-0.25, -0.2) is 0 Å². The van der Waals surface area contributed by atoms with Gasteiger partial charge in [0.15, 0.2) is 0 Å². The Bertz CT molecular complexity index is 254. The van der Waals surface area contributed by atoms with E-state index in [9.17, 15) is 5.11 Å². The summed E-state index contributed by atoms with van der Waals surface area (Å²) in [5, 5.41) is 10.4. The van der Waals surface area contributed by atoms with Crippen LogP contribution in [0.3, 0.4) is 0 Å². The first-order chi connectivity index (χ1) is 7.78. The fourth-order valence-electron chi connectivity index (χ4n) is 2.77. The van der Waals surface area contributed by atoms with E-state index in [1.54, 1.807) is 7.11 Å². The highest BCUT2D eigenvalue weighted by atomic mass is 16.5. The summed E-state index contributed by atoms with van der Waals surface area (Å²) in [7, 11) is 1.71. The lowest BCUT2D eigenvalue weighted by Crippen LogP contribution is -2.47. The van der Waals surface area contributed by atoms with Gasteiger partial charge < -0.3 is 14.6 Å². The summed E-state index contributed by atoms with van der Waals surface area (Å²) in [4.78, 5) is 0. The van der Waals surface area contributed by atoms with Crippen molar-refractivity contribution in [1.29, 1.82) is 0 Å². The molecule has 0 aromatic rings. The van der Waals surface area contributed by atoms with Crippen molar-refractivity contribution in [1.82, 2.24) is 0 Å². The molecule has 0 aromatic heterocycles. The van der Waals surface area contributed by atoms with Crippen LogP contribution >= 0.6 is 0 Å². The molecule has 3 nitrogen and oxygen atoms in total. The summed E-state index contributed by atoms with van der Waals surface area (Å²) in [6.07, 6.45) is 8.88. The Hall–Kier alpha value is -0.540. The van der Waals surface area contributed by atoms with Gasteiger partial charge in [0.1, 0.15) is 17.5 Å². The van der Waals surface area contributed by atoms with E-state index in [0.29, 0.717) is 0 Å². The number of rotatable bonds is 3. The second kappa shape index (κ2) is 5.19. The van der Waals surface area contributed by atoms with Crippen LogP contribution in [0.2, 0.25) is 0 Å². The van der Waals surface area contributed by atoms with Crippen LogP contribution in [-0.4, -0.2) is 30.5 Å². The highest BCUT2D eigenvalue weighted by molar-refractivity contribution is 5.10. The third-order valence-corrected chi connectivity index (χ3v) is 3.84. The molecule has 0 spiro atoms. The van der Waals surface area contributed by atoms with Crippen molar-refractivity contribution in [3.8, 4) is 0 Å². The van der Waals surface area contributed by atoms with Crippen LogP contribution in [0.5, 0.6) is 0 Å². The maximum Gasteiger partial charge on any atom is 0.139 e. The molecule has 1 saturated carbocycles. The highest BCUT2D eigenvalue weighted by Gasteiger charge is 2.42. The standard InChI is InChI=1S/C13H22O3/c1-15-13(8-4-2-5-9-13)12(14)11-7-3-6-10-16-11/h7,12,14H,2-6,8-10H2,1H3. The zero-order valence-corrected chi connectivity index (χ0v) is 10.1. The number of hydrogen-bond acceptors (Lipinski definition) is 3. The van der Waals surface area contributed by atoms with E-state index in [1.165, 1.54) is 6.42 Å². The van der Waals surface area contributed by atoms with Gasteiger partial charge in [-0.1, -0.05) is 19.3 Å². The van der Waals surface area contributed by atoms with Gasteiger partial charge in [0.2, 0.25) is 0 Å². The summed E-state index contributed by atoms with van der Waals surface area (Å²) in [5.41, 5.74) is -0.401.